The van der Waals surface area contributed by atoms with Gasteiger partial charge in [0, 0.05) is 25.7 Å². The molecule has 0 saturated heterocycles. The molecule has 0 bridgehead atoms. The maximum atomic E-state index is 13.0. The molecule has 0 spiro atoms. The molecule has 510 valence electrons. The van der Waals surface area contributed by atoms with E-state index in [1.807, 2.05) is 0 Å². The van der Waals surface area contributed by atoms with Crippen molar-refractivity contribution in [2.45, 2.75) is 343 Å². The molecule has 0 aromatic carbocycles. The molecule has 4 unspecified atom stereocenters. The summed E-state index contributed by atoms with van der Waals surface area (Å²) < 4.78 is 68.0. The van der Waals surface area contributed by atoms with E-state index in [4.69, 9.17) is 37.0 Å². The fraction of sp³-hybridized carbons (Fsp3) is 0.940. The Hall–Kier alpha value is -1.94. The number of ether oxygens (including phenoxy) is 4. The van der Waals surface area contributed by atoms with E-state index in [1.54, 1.807) is 0 Å². The third-order valence-electron chi connectivity index (χ3n) is 16.0. The number of carbonyl (C=O) groups is 4. The molecule has 0 fully saturated rings. The predicted molar refractivity (Wildman–Crippen MR) is 344 cm³/mol. The van der Waals surface area contributed by atoms with E-state index < -0.39 is 97.5 Å². The van der Waals surface area contributed by atoms with Gasteiger partial charge in [-0.25, -0.2) is 9.13 Å². The monoisotopic (exact) mass is 1270 g/mol. The fourth-order valence-corrected chi connectivity index (χ4v) is 11.5. The molecule has 19 heteroatoms. The number of esters is 4. The Bertz CT molecular complexity index is 1720. The number of hydrogen-bond donors (Lipinski definition) is 3. The van der Waals surface area contributed by atoms with Crippen LogP contribution in [0.2, 0.25) is 0 Å². The van der Waals surface area contributed by atoms with Gasteiger partial charge in [-0.1, -0.05) is 274 Å². The number of aliphatic hydroxyl groups excluding tert-OH is 1. The zero-order chi connectivity index (χ0) is 63.9. The zero-order valence-electron chi connectivity index (χ0n) is 55.9. The van der Waals surface area contributed by atoms with Crippen LogP contribution in [0.5, 0.6) is 0 Å². The predicted octanol–water partition coefficient (Wildman–Crippen LogP) is 18.5. The van der Waals surface area contributed by atoms with E-state index >= 15 is 0 Å². The third-order valence-corrected chi connectivity index (χ3v) is 17.9. The summed E-state index contributed by atoms with van der Waals surface area (Å²) in [4.78, 5) is 72.2. The van der Waals surface area contributed by atoms with Gasteiger partial charge in [0.1, 0.15) is 19.3 Å². The lowest BCUT2D eigenvalue weighted by Crippen LogP contribution is -2.30. The number of carbonyl (C=O) groups excluding carboxylic acids is 4. The number of phosphoric ester groups is 2. The summed E-state index contributed by atoms with van der Waals surface area (Å²) in [6.07, 6.45) is 38.0. The average molecular weight is 1270 g/mol. The minimum absolute atomic E-state index is 0.100. The van der Waals surface area contributed by atoms with Crippen LogP contribution in [-0.2, 0) is 65.4 Å². The van der Waals surface area contributed by atoms with Crippen LogP contribution in [0.25, 0.3) is 0 Å². The van der Waals surface area contributed by atoms with Gasteiger partial charge in [0.05, 0.1) is 26.4 Å². The molecule has 0 aliphatic rings. The van der Waals surface area contributed by atoms with Gasteiger partial charge in [-0.2, -0.15) is 0 Å². The summed E-state index contributed by atoms with van der Waals surface area (Å²) in [5.41, 5.74) is 0. The first-order valence-corrected chi connectivity index (χ1v) is 37.8. The Morgan fingerprint density at radius 3 is 0.826 bits per heavy atom. The van der Waals surface area contributed by atoms with Crippen molar-refractivity contribution in [1.82, 2.24) is 0 Å². The SMILES string of the molecule is CCC(C)CCCCCCCCCCCCCCCCC(=O)OC[C@H](COP(=O)(O)OC[C@@H](O)COP(=O)(O)OC[C@@H](COC(=O)CCCCCCCCC(C)C)OC(=O)CCCCCCCCC(C)C)OC(=O)CCCCCCCCC(C)CC. The normalized spacial score (nSPS) is 15.0. The molecule has 0 radical (unpaired) electrons. The van der Waals surface area contributed by atoms with Crippen LogP contribution in [0.3, 0.4) is 0 Å². The number of unbranched alkanes of at least 4 members (excludes halogenated alkanes) is 28. The number of phosphoric acid groups is 2. The first-order chi connectivity index (χ1) is 41.2. The molecule has 0 saturated carbocycles. The van der Waals surface area contributed by atoms with Gasteiger partial charge in [-0.3, -0.25) is 37.3 Å². The molecule has 7 atom stereocenters. The van der Waals surface area contributed by atoms with E-state index in [0.717, 1.165) is 108 Å². The fourth-order valence-electron chi connectivity index (χ4n) is 9.89. The van der Waals surface area contributed by atoms with E-state index in [9.17, 15) is 43.2 Å². The van der Waals surface area contributed by atoms with Crippen LogP contribution in [0.15, 0.2) is 0 Å². The summed E-state index contributed by atoms with van der Waals surface area (Å²) in [5.74, 6) is 0.776. The van der Waals surface area contributed by atoms with Crippen molar-refractivity contribution in [2.24, 2.45) is 23.7 Å². The van der Waals surface area contributed by atoms with Crippen LogP contribution >= 0.6 is 15.6 Å². The Kier molecular flexibility index (Phi) is 55.7. The molecule has 0 rings (SSSR count). The topological polar surface area (TPSA) is 237 Å². The lowest BCUT2D eigenvalue weighted by Gasteiger charge is -2.21. The van der Waals surface area contributed by atoms with Crippen molar-refractivity contribution in [3.8, 4) is 0 Å². The molecular formula is C67H130O17P2. The molecule has 0 aliphatic heterocycles. The highest BCUT2D eigenvalue weighted by atomic mass is 31.2. The third kappa shape index (κ3) is 58.4. The maximum absolute atomic E-state index is 13.0. The van der Waals surface area contributed by atoms with E-state index in [2.05, 4.69) is 55.4 Å². The van der Waals surface area contributed by atoms with Gasteiger partial charge in [0.2, 0.25) is 0 Å². The quantitative estimate of drug-likeness (QED) is 0.0222. The molecule has 86 heavy (non-hydrogen) atoms. The standard InChI is InChI=1S/C67H130O17P2/c1-9-59(7)45-37-29-19-17-15-13-11-12-14-16-18-20-31-39-47-64(69)77-53-62(84-67(72)50-42-34-26-23-30-38-46-60(8)10-2)55-81-85(73,74)79-51-61(68)52-80-86(75,76)82-56-63(83-66(71)49-41-33-25-22-28-36-44-58(5)6)54-78-65(70)48-40-32-24-21-27-35-43-57(3)4/h57-63,68H,9-56H2,1-8H3,(H,73,74)(H,75,76)/t59?,60?,61-,62-,63-/m1/s1. The zero-order valence-corrected chi connectivity index (χ0v) is 57.7. The van der Waals surface area contributed by atoms with Crippen molar-refractivity contribution < 1.29 is 80.2 Å². The Labute approximate surface area is 524 Å². The van der Waals surface area contributed by atoms with Gasteiger partial charge in [0.15, 0.2) is 12.2 Å². The van der Waals surface area contributed by atoms with Gasteiger partial charge < -0.3 is 33.8 Å². The van der Waals surface area contributed by atoms with Crippen molar-refractivity contribution >= 4 is 39.5 Å². The molecule has 0 heterocycles. The average Bonchev–Trinajstić information content (AvgIpc) is 3.65. The van der Waals surface area contributed by atoms with Gasteiger partial charge in [-0.15, -0.1) is 0 Å². The Balaban J connectivity index is 5.17. The molecule has 17 nitrogen and oxygen atoms in total. The summed E-state index contributed by atoms with van der Waals surface area (Å²) >= 11 is 0. The molecule has 0 aromatic heterocycles. The maximum Gasteiger partial charge on any atom is 0.472 e. The van der Waals surface area contributed by atoms with Crippen LogP contribution < -0.4 is 0 Å². The molecule has 0 aliphatic carbocycles. The first-order valence-electron chi connectivity index (χ1n) is 34.8. The van der Waals surface area contributed by atoms with Crippen molar-refractivity contribution in [2.75, 3.05) is 39.6 Å². The van der Waals surface area contributed by atoms with E-state index in [-0.39, 0.29) is 25.7 Å². The highest BCUT2D eigenvalue weighted by molar-refractivity contribution is 7.47. The van der Waals surface area contributed by atoms with Crippen LogP contribution in [0.4, 0.5) is 0 Å². The highest BCUT2D eigenvalue weighted by Crippen LogP contribution is 2.45. The lowest BCUT2D eigenvalue weighted by molar-refractivity contribution is -0.161. The largest absolute Gasteiger partial charge is 0.472 e. The van der Waals surface area contributed by atoms with Crippen molar-refractivity contribution in [1.29, 1.82) is 0 Å². The minimum Gasteiger partial charge on any atom is -0.462 e. The van der Waals surface area contributed by atoms with Gasteiger partial charge in [0.25, 0.3) is 0 Å². The summed E-state index contributed by atoms with van der Waals surface area (Å²) in [6.45, 7) is 13.9. The molecule has 0 aromatic rings. The molecular weight excluding hydrogens is 1140 g/mol. The number of rotatable bonds is 64. The van der Waals surface area contributed by atoms with E-state index in [1.165, 1.54) is 122 Å². The number of hydrogen-bond acceptors (Lipinski definition) is 15. The second kappa shape index (κ2) is 57.0. The van der Waals surface area contributed by atoms with Crippen LogP contribution in [-0.4, -0.2) is 96.7 Å². The van der Waals surface area contributed by atoms with Crippen LogP contribution in [0, 0.1) is 23.7 Å². The van der Waals surface area contributed by atoms with Crippen LogP contribution in [0.1, 0.15) is 325 Å². The van der Waals surface area contributed by atoms with E-state index in [0.29, 0.717) is 37.5 Å². The summed E-state index contributed by atoms with van der Waals surface area (Å²) in [7, 11) is -9.89. The summed E-state index contributed by atoms with van der Waals surface area (Å²) in [6, 6.07) is 0. The van der Waals surface area contributed by atoms with Gasteiger partial charge in [-0.05, 0) is 49.4 Å². The lowest BCUT2D eigenvalue weighted by atomic mass is 9.99. The second-order valence-electron chi connectivity index (χ2n) is 25.6. The van der Waals surface area contributed by atoms with Crippen molar-refractivity contribution in [3.63, 3.8) is 0 Å². The first kappa shape index (κ1) is 84.1. The smallest absolute Gasteiger partial charge is 0.462 e. The minimum atomic E-state index is -4.95. The highest BCUT2D eigenvalue weighted by Gasteiger charge is 2.30. The Morgan fingerprint density at radius 2 is 0.558 bits per heavy atom. The second-order valence-corrected chi connectivity index (χ2v) is 28.6. The number of aliphatic hydroxyl groups is 1. The Morgan fingerprint density at radius 1 is 0.326 bits per heavy atom. The molecule has 3 N–H and O–H groups in total. The molecule has 0 amide bonds. The van der Waals surface area contributed by atoms with Gasteiger partial charge >= 0.3 is 39.5 Å². The summed E-state index contributed by atoms with van der Waals surface area (Å²) in [5, 5.41) is 10.5. The van der Waals surface area contributed by atoms with Crippen molar-refractivity contribution in [3.05, 3.63) is 0 Å².